The number of nitrogens with zero attached hydrogens (tertiary/aromatic N) is 4. The second-order valence-corrected chi connectivity index (χ2v) is 6.90. The molecule has 8 nitrogen and oxygen atoms in total. The smallest absolute Gasteiger partial charge is 0.306 e. The lowest BCUT2D eigenvalue weighted by molar-refractivity contribution is -0.387. The standard InChI is InChI=1S/C21H14F3N5O3/c1-11-2-4-12(5-3-11)16-9-18(19(23)24)28-20(27-16)14(10-25-28)21(30)26-13-6-7-15(22)17(8-13)29(31)32/h2-10,19H,1H3,(H,26,30). The maximum absolute atomic E-state index is 13.7. The molecule has 0 atom stereocenters. The molecule has 162 valence electrons. The number of alkyl halides is 2. The van der Waals surface area contributed by atoms with Gasteiger partial charge >= 0.3 is 5.69 Å². The topological polar surface area (TPSA) is 102 Å². The zero-order chi connectivity index (χ0) is 23.0. The summed E-state index contributed by atoms with van der Waals surface area (Å²) in [7, 11) is 0. The molecule has 0 aliphatic carbocycles. The third-order valence-electron chi connectivity index (χ3n) is 4.72. The first-order valence-electron chi connectivity index (χ1n) is 9.24. The number of carbonyl (C=O) groups is 1. The molecule has 0 aliphatic heterocycles. The lowest BCUT2D eigenvalue weighted by Crippen LogP contribution is -2.13. The van der Waals surface area contributed by atoms with E-state index in [1.165, 1.54) is 6.07 Å². The van der Waals surface area contributed by atoms with Crippen LogP contribution in [-0.2, 0) is 0 Å². The second kappa shape index (κ2) is 8.10. The SMILES string of the molecule is Cc1ccc(-c2cc(C(F)F)n3ncc(C(=O)Nc4ccc(F)c([N+](=O)[O-])c4)c3n2)cc1. The van der Waals surface area contributed by atoms with E-state index in [1.54, 1.807) is 24.3 Å². The molecule has 4 rings (SSSR count). The summed E-state index contributed by atoms with van der Waals surface area (Å²) in [6.45, 7) is 1.88. The highest BCUT2D eigenvalue weighted by Gasteiger charge is 2.22. The summed E-state index contributed by atoms with van der Waals surface area (Å²) >= 11 is 0. The fraction of sp³-hybridized carbons (Fsp3) is 0.0952. The van der Waals surface area contributed by atoms with Crippen molar-refractivity contribution in [3.8, 4) is 11.3 Å². The number of aromatic nitrogens is 3. The van der Waals surface area contributed by atoms with Gasteiger partial charge in [0.15, 0.2) is 5.65 Å². The fourth-order valence-electron chi connectivity index (χ4n) is 3.10. The number of amides is 1. The Kier molecular flexibility index (Phi) is 5.31. The molecule has 2 heterocycles. The monoisotopic (exact) mass is 441 g/mol. The van der Waals surface area contributed by atoms with Gasteiger partial charge in [0.1, 0.15) is 11.3 Å². The van der Waals surface area contributed by atoms with E-state index in [9.17, 15) is 28.1 Å². The summed E-state index contributed by atoms with van der Waals surface area (Å²) < 4.78 is 41.8. The highest BCUT2D eigenvalue weighted by Crippen LogP contribution is 2.28. The van der Waals surface area contributed by atoms with Gasteiger partial charge in [-0.05, 0) is 25.1 Å². The summed E-state index contributed by atoms with van der Waals surface area (Å²) in [4.78, 5) is 27.1. The zero-order valence-corrected chi connectivity index (χ0v) is 16.4. The van der Waals surface area contributed by atoms with Gasteiger partial charge in [-0.15, -0.1) is 0 Å². The van der Waals surface area contributed by atoms with E-state index in [1.807, 2.05) is 6.92 Å². The van der Waals surface area contributed by atoms with E-state index >= 15 is 0 Å². The van der Waals surface area contributed by atoms with Crippen LogP contribution in [0, 0.1) is 22.9 Å². The number of fused-ring (bicyclic) bond motifs is 1. The van der Waals surface area contributed by atoms with Crippen molar-refractivity contribution in [1.29, 1.82) is 0 Å². The molecular formula is C21H14F3N5O3. The Bertz CT molecular complexity index is 1350. The van der Waals surface area contributed by atoms with Gasteiger partial charge in [-0.1, -0.05) is 29.8 Å². The van der Waals surface area contributed by atoms with Crippen LogP contribution in [0.3, 0.4) is 0 Å². The van der Waals surface area contributed by atoms with E-state index < -0.39 is 34.5 Å². The summed E-state index contributed by atoms with van der Waals surface area (Å²) in [6.07, 6.45) is -1.82. The molecule has 2 aromatic heterocycles. The molecule has 0 unspecified atom stereocenters. The first-order valence-corrected chi connectivity index (χ1v) is 9.24. The first kappa shape index (κ1) is 21.0. The summed E-state index contributed by atoms with van der Waals surface area (Å²) in [5, 5.41) is 17.2. The van der Waals surface area contributed by atoms with Crippen molar-refractivity contribution in [1.82, 2.24) is 14.6 Å². The number of nitro groups is 1. The first-order chi connectivity index (χ1) is 15.2. The molecule has 0 aliphatic rings. The molecule has 1 amide bonds. The largest absolute Gasteiger partial charge is 0.322 e. The van der Waals surface area contributed by atoms with Crippen LogP contribution in [-0.4, -0.2) is 25.4 Å². The molecule has 32 heavy (non-hydrogen) atoms. The Morgan fingerprint density at radius 3 is 2.53 bits per heavy atom. The number of rotatable bonds is 5. The maximum atomic E-state index is 13.7. The van der Waals surface area contributed by atoms with Crippen LogP contribution in [0.25, 0.3) is 16.9 Å². The molecular weight excluding hydrogens is 427 g/mol. The van der Waals surface area contributed by atoms with Crippen molar-refractivity contribution in [2.24, 2.45) is 0 Å². The minimum atomic E-state index is -2.89. The van der Waals surface area contributed by atoms with Gasteiger partial charge in [-0.3, -0.25) is 14.9 Å². The third-order valence-corrected chi connectivity index (χ3v) is 4.72. The molecule has 0 bridgehead atoms. The van der Waals surface area contributed by atoms with Gasteiger partial charge < -0.3 is 5.32 Å². The van der Waals surface area contributed by atoms with Gasteiger partial charge in [0.2, 0.25) is 5.82 Å². The fourth-order valence-corrected chi connectivity index (χ4v) is 3.10. The van der Waals surface area contributed by atoms with Gasteiger partial charge in [-0.2, -0.15) is 9.49 Å². The third kappa shape index (κ3) is 3.87. The normalized spacial score (nSPS) is 11.2. The molecule has 0 saturated heterocycles. The Balaban J connectivity index is 1.77. The van der Waals surface area contributed by atoms with Crippen LogP contribution < -0.4 is 5.32 Å². The van der Waals surface area contributed by atoms with Gasteiger partial charge in [0.05, 0.1) is 16.8 Å². The van der Waals surface area contributed by atoms with Crippen molar-refractivity contribution in [2.45, 2.75) is 13.3 Å². The van der Waals surface area contributed by atoms with Crippen molar-refractivity contribution >= 4 is 22.9 Å². The van der Waals surface area contributed by atoms with E-state index in [0.717, 1.165) is 34.5 Å². The predicted octanol–water partition coefficient (Wildman–Crippen LogP) is 4.94. The number of halogens is 3. The number of nitro benzene ring substituents is 1. The number of aryl methyl sites for hydroxylation is 1. The minimum absolute atomic E-state index is 0.0498. The van der Waals surface area contributed by atoms with E-state index in [0.29, 0.717) is 5.56 Å². The van der Waals surface area contributed by atoms with Crippen molar-refractivity contribution in [3.63, 3.8) is 0 Å². The molecule has 0 fully saturated rings. The Morgan fingerprint density at radius 1 is 1.16 bits per heavy atom. The predicted molar refractivity (Wildman–Crippen MR) is 109 cm³/mol. The van der Waals surface area contributed by atoms with Crippen LogP contribution in [0.5, 0.6) is 0 Å². The number of hydrogen-bond donors (Lipinski definition) is 1. The zero-order valence-electron chi connectivity index (χ0n) is 16.4. The minimum Gasteiger partial charge on any atom is -0.322 e. The number of nitrogens with one attached hydrogen (secondary N) is 1. The van der Waals surface area contributed by atoms with Crippen molar-refractivity contribution in [3.05, 3.63) is 87.5 Å². The molecule has 11 heteroatoms. The van der Waals surface area contributed by atoms with Crippen LogP contribution in [0.2, 0.25) is 0 Å². The van der Waals surface area contributed by atoms with Crippen molar-refractivity contribution in [2.75, 3.05) is 5.32 Å². The second-order valence-electron chi connectivity index (χ2n) is 6.90. The van der Waals surface area contributed by atoms with Crippen LogP contribution in [0.15, 0.2) is 54.7 Å². The maximum Gasteiger partial charge on any atom is 0.306 e. The Labute approximate surface area is 178 Å². The number of benzene rings is 2. The number of anilines is 1. The average molecular weight is 441 g/mol. The molecule has 2 aromatic carbocycles. The molecule has 0 saturated carbocycles. The summed E-state index contributed by atoms with van der Waals surface area (Å²) in [5.74, 6) is -1.86. The summed E-state index contributed by atoms with van der Waals surface area (Å²) in [6, 6.07) is 11.1. The van der Waals surface area contributed by atoms with E-state index in [-0.39, 0.29) is 22.6 Å². The summed E-state index contributed by atoms with van der Waals surface area (Å²) in [5.41, 5.74) is 0.194. The highest BCUT2D eigenvalue weighted by atomic mass is 19.3. The van der Waals surface area contributed by atoms with Crippen LogP contribution in [0.4, 0.5) is 24.5 Å². The molecule has 0 radical (unpaired) electrons. The van der Waals surface area contributed by atoms with Gasteiger partial charge in [0.25, 0.3) is 12.3 Å². The lowest BCUT2D eigenvalue weighted by atomic mass is 10.1. The van der Waals surface area contributed by atoms with Crippen LogP contribution in [0.1, 0.15) is 28.0 Å². The van der Waals surface area contributed by atoms with Gasteiger partial charge in [-0.25, -0.2) is 18.3 Å². The van der Waals surface area contributed by atoms with E-state index in [4.69, 9.17) is 0 Å². The number of hydrogen-bond acceptors (Lipinski definition) is 5. The lowest BCUT2D eigenvalue weighted by Gasteiger charge is -2.09. The van der Waals surface area contributed by atoms with Crippen molar-refractivity contribution < 1.29 is 22.9 Å². The highest BCUT2D eigenvalue weighted by molar-refractivity contribution is 6.08. The van der Waals surface area contributed by atoms with Gasteiger partial charge in [0, 0.05) is 17.3 Å². The number of carbonyl (C=O) groups excluding carboxylic acids is 1. The molecule has 0 spiro atoms. The van der Waals surface area contributed by atoms with Crippen LogP contribution >= 0.6 is 0 Å². The molecule has 1 N–H and O–H groups in total. The quantitative estimate of drug-likeness (QED) is 0.349. The van der Waals surface area contributed by atoms with E-state index in [2.05, 4.69) is 15.4 Å². The average Bonchev–Trinajstić information content (AvgIpc) is 3.18. The Morgan fingerprint density at radius 2 is 1.88 bits per heavy atom. The molecule has 4 aromatic rings. The Hall–Kier alpha value is -4.28.